The zero-order valence-electron chi connectivity index (χ0n) is 15.0. The largest absolute Gasteiger partial charge is 0.399 e. The van der Waals surface area contributed by atoms with E-state index in [9.17, 15) is 0 Å². The maximum Gasteiger partial charge on any atom is 0.106 e. The highest BCUT2D eigenvalue weighted by molar-refractivity contribution is 5.64. The van der Waals surface area contributed by atoms with Gasteiger partial charge < -0.3 is 5.73 Å². The van der Waals surface area contributed by atoms with Crippen LogP contribution >= 0.6 is 0 Å². The van der Waals surface area contributed by atoms with Crippen LogP contribution in [0.4, 0.5) is 17.1 Å². The van der Waals surface area contributed by atoms with E-state index in [0.717, 1.165) is 24.1 Å². The average Bonchev–Trinajstić information content (AvgIpc) is 2.56. The van der Waals surface area contributed by atoms with Crippen LogP contribution in [0.5, 0.6) is 0 Å². The quantitative estimate of drug-likeness (QED) is 0.535. The van der Waals surface area contributed by atoms with Gasteiger partial charge in [-0.15, -0.1) is 5.11 Å². The highest BCUT2D eigenvalue weighted by atomic mass is 15.1. The lowest BCUT2D eigenvalue weighted by atomic mass is 10.1. The molecule has 0 spiro atoms. The number of nitrogen functional groups attached to an aromatic ring is 1. The predicted octanol–water partition coefficient (Wildman–Crippen LogP) is 6.23. The first kappa shape index (κ1) is 19.4. The molecule has 0 aliphatic heterocycles. The zero-order valence-corrected chi connectivity index (χ0v) is 15.0. The summed E-state index contributed by atoms with van der Waals surface area (Å²) in [4.78, 5) is 0. The van der Waals surface area contributed by atoms with E-state index >= 15 is 0 Å². The molecule has 0 aromatic heterocycles. The summed E-state index contributed by atoms with van der Waals surface area (Å²) in [7, 11) is 0. The summed E-state index contributed by atoms with van der Waals surface area (Å²) in [6.07, 6.45) is 3.43. The highest BCUT2D eigenvalue weighted by Gasteiger charge is 2.06. The van der Waals surface area contributed by atoms with Crippen LogP contribution in [-0.2, 0) is 6.42 Å². The molecule has 0 aliphatic rings. The van der Waals surface area contributed by atoms with Crippen LogP contribution in [0.1, 0.15) is 50.3 Å². The Balaban J connectivity index is 0.000000891. The number of benzene rings is 2. The number of aryl methyl sites for hydroxylation is 2. The van der Waals surface area contributed by atoms with Crippen LogP contribution in [0.15, 0.2) is 46.6 Å². The molecule has 4 heteroatoms. The Kier molecular flexibility index (Phi) is 8.21. The fourth-order valence-electron chi connectivity index (χ4n) is 2.15. The molecule has 0 heterocycles. The number of nitriles is 1. The molecule has 0 unspecified atom stereocenters. The first-order valence-electron chi connectivity index (χ1n) is 8.36. The molecule has 24 heavy (non-hydrogen) atoms. The Morgan fingerprint density at radius 3 is 2.21 bits per heavy atom. The first-order valence-corrected chi connectivity index (χ1v) is 8.36. The van der Waals surface area contributed by atoms with Gasteiger partial charge in [-0.3, -0.25) is 0 Å². The molecule has 2 N–H and O–H groups in total. The van der Waals surface area contributed by atoms with Crippen molar-refractivity contribution in [2.45, 2.75) is 47.0 Å². The standard InChI is InChI=1S/C17H18N4.C3H8/c1-3-4-13-5-7-16(8-6-13)20-21-17-12(2)9-15(19)10-14(17)11-18;1-3-2/h5-10H,3-4,19H2,1-2H3;3H2,1-2H3. The maximum atomic E-state index is 9.15. The van der Waals surface area contributed by atoms with Crippen molar-refractivity contribution in [1.82, 2.24) is 0 Å². The molecule has 0 bridgehead atoms. The Labute approximate surface area is 145 Å². The molecule has 0 radical (unpaired) electrons. The molecule has 0 fully saturated rings. The second-order valence-corrected chi connectivity index (χ2v) is 5.67. The topological polar surface area (TPSA) is 74.5 Å². The lowest BCUT2D eigenvalue weighted by molar-refractivity contribution is 0.922. The number of rotatable bonds is 4. The average molecular weight is 322 g/mol. The van der Waals surface area contributed by atoms with E-state index < -0.39 is 0 Å². The monoisotopic (exact) mass is 322 g/mol. The summed E-state index contributed by atoms with van der Waals surface area (Å²) in [5.41, 5.74) is 10.2. The molecule has 126 valence electrons. The Hall–Kier alpha value is -2.67. The summed E-state index contributed by atoms with van der Waals surface area (Å²) >= 11 is 0. The first-order chi connectivity index (χ1) is 11.5. The second-order valence-electron chi connectivity index (χ2n) is 5.67. The third-order valence-electron chi connectivity index (χ3n) is 3.18. The number of azo groups is 1. The van der Waals surface area contributed by atoms with Gasteiger partial charge in [0.1, 0.15) is 11.8 Å². The normalized spacial score (nSPS) is 10.1. The lowest BCUT2D eigenvalue weighted by Crippen LogP contribution is -1.89. The van der Waals surface area contributed by atoms with Crippen molar-refractivity contribution in [3.63, 3.8) is 0 Å². The van der Waals surface area contributed by atoms with E-state index in [4.69, 9.17) is 11.0 Å². The Morgan fingerprint density at radius 2 is 1.67 bits per heavy atom. The van der Waals surface area contributed by atoms with Gasteiger partial charge in [0.15, 0.2) is 0 Å². The van der Waals surface area contributed by atoms with E-state index in [1.54, 1.807) is 12.1 Å². The van der Waals surface area contributed by atoms with Gasteiger partial charge in [0.05, 0.1) is 11.3 Å². The van der Waals surface area contributed by atoms with Gasteiger partial charge in [0.25, 0.3) is 0 Å². The SMILES string of the molecule is CCC.CCCc1ccc(N=Nc2c(C)cc(N)cc2C#N)cc1. The van der Waals surface area contributed by atoms with E-state index in [2.05, 4.69) is 49.2 Å². The minimum Gasteiger partial charge on any atom is -0.399 e. The van der Waals surface area contributed by atoms with Gasteiger partial charge in [-0.05, 0) is 48.7 Å². The van der Waals surface area contributed by atoms with Gasteiger partial charge in [0, 0.05) is 5.69 Å². The van der Waals surface area contributed by atoms with Gasteiger partial charge in [-0.25, -0.2) is 0 Å². The third-order valence-corrected chi connectivity index (χ3v) is 3.18. The minimum atomic E-state index is 0.443. The second kappa shape index (κ2) is 10.2. The van der Waals surface area contributed by atoms with Crippen LogP contribution in [-0.4, -0.2) is 0 Å². The van der Waals surface area contributed by atoms with Crippen molar-refractivity contribution in [3.05, 3.63) is 53.1 Å². The number of anilines is 1. The van der Waals surface area contributed by atoms with E-state index in [-0.39, 0.29) is 0 Å². The third kappa shape index (κ3) is 5.85. The summed E-state index contributed by atoms with van der Waals surface area (Å²) in [5.74, 6) is 0. The van der Waals surface area contributed by atoms with E-state index in [0.29, 0.717) is 16.9 Å². The van der Waals surface area contributed by atoms with Crippen molar-refractivity contribution in [2.75, 3.05) is 5.73 Å². The minimum absolute atomic E-state index is 0.443. The van der Waals surface area contributed by atoms with Gasteiger partial charge in [0.2, 0.25) is 0 Å². The molecular formula is C20H26N4. The van der Waals surface area contributed by atoms with E-state index in [1.165, 1.54) is 12.0 Å². The number of nitrogens with two attached hydrogens (primary N) is 1. The fourth-order valence-corrected chi connectivity index (χ4v) is 2.15. The lowest BCUT2D eigenvalue weighted by Gasteiger charge is -2.03. The molecule has 0 aliphatic carbocycles. The maximum absolute atomic E-state index is 9.15. The molecule has 2 aromatic carbocycles. The van der Waals surface area contributed by atoms with Crippen LogP contribution < -0.4 is 5.73 Å². The molecule has 0 amide bonds. The van der Waals surface area contributed by atoms with Gasteiger partial charge in [-0.1, -0.05) is 45.7 Å². The Morgan fingerprint density at radius 1 is 1.04 bits per heavy atom. The van der Waals surface area contributed by atoms with E-state index in [1.807, 2.05) is 19.1 Å². The molecule has 0 saturated carbocycles. The molecule has 2 rings (SSSR count). The van der Waals surface area contributed by atoms with Gasteiger partial charge >= 0.3 is 0 Å². The smallest absolute Gasteiger partial charge is 0.106 e. The van der Waals surface area contributed by atoms with Crippen LogP contribution in [0, 0.1) is 18.3 Å². The highest BCUT2D eigenvalue weighted by Crippen LogP contribution is 2.28. The van der Waals surface area contributed by atoms with Crippen LogP contribution in [0.25, 0.3) is 0 Å². The molecule has 4 nitrogen and oxygen atoms in total. The van der Waals surface area contributed by atoms with Crippen LogP contribution in [0.2, 0.25) is 0 Å². The van der Waals surface area contributed by atoms with Crippen molar-refractivity contribution < 1.29 is 0 Å². The molecule has 0 atom stereocenters. The van der Waals surface area contributed by atoms with Crippen LogP contribution in [0.3, 0.4) is 0 Å². The zero-order chi connectivity index (χ0) is 17.9. The predicted molar refractivity (Wildman–Crippen MR) is 101 cm³/mol. The van der Waals surface area contributed by atoms with Gasteiger partial charge in [-0.2, -0.15) is 10.4 Å². The summed E-state index contributed by atoms with van der Waals surface area (Å²) < 4.78 is 0. The molecular weight excluding hydrogens is 296 g/mol. The summed E-state index contributed by atoms with van der Waals surface area (Å²) in [6, 6.07) is 13.5. The number of nitrogens with zero attached hydrogens (tertiary/aromatic N) is 3. The fraction of sp³-hybridized carbons (Fsp3) is 0.350. The summed E-state index contributed by atoms with van der Waals surface area (Å²) in [6.45, 7) is 8.27. The van der Waals surface area contributed by atoms with Crippen molar-refractivity contribution in [2.24, 2.45) is 10.2 Å². The van der Waals surface area contributed by atoms with Crippen molar-refractivity contribution in [3.8, 4) is 6.07 Å². The Bertz CT molecular complexity index is 710. The van der Waals surface area contributed by atoms with Crippen molar-refractivity contribution >= 4 is 17.1 Å². The number of hydrogen-bond acceptors (Lipinski definition) is 4. The molecule has 0 saturated heterocycles. The summed E-state index contributed by atoms with van der Waals surface area (Å²) in [5, 5.41) is 17.6. The van der Waals surface area contributed by atoms with Crippen molar-refractivity contribution in [1.29, 1.82) is 5.26 Å². The molecule has 2 aromatic rings. The number of hydrogen-bond donors (Lipinski definition) is 1.